The van der Waals surface area contributed by atoms with Crippen molar-refractivity contribution in [3.8, 4) is 5.88 Å². The lowest BCUT2D eigenvalue weighted by Crippen LogP contribution is -2.57. The van der Waals surface area contributed by atoms with E-state index in [2.05, 4.69) is 26.0 Å². The number of nitrogens with zero attached hydrogens (tertiary/aromatic N) is 4. The maximum Gasteiger partial charge on any atom is 0.356 e. The minimum absolute atomic E-state index is 0.264. The second-order valence-electron chi connectivity index (χ2n) is 8.20. The van der Waals surface area contributed by atoms with Crippen LogP contribution in [0.3, 0.4) is 0 Å². The molecule has 2 atom stereocenters. The average molecular weight is 422 g/mol. The first-order valence-corrected chi connectivity index (χ1v) is 10.7. The smallest absolute Gasteiger partial charge is 0.356 e. The standard InChI is InChI=1S/C23H26N4O4/c1-29-23(28)19-6-4-8-21(24-19)30-15-16-9-10-17-14-27(12-11-26(17)13-16)22-18-5-2-3-7-20(18)31-25-22/h2-8,16-17H,9-15H2,1H3/t16-,17-/m1/s1. The van der Waals surface area contributed by atoms with Crippen LogP contribution in [0, 0.1) is 5.92 Å². The van der Waals surface area contributed by atoms with Crippen LogP contribution in [0.1, 0.15) is 23.3 Å². The number of aromatic nitrogens is 2. The highest BCUT2D eigenvalue weighted by Gasteiger charge is 2.34. The summed E-state index contributed by atoms with van der Waals surface area (Å²) in [5.41, 5.74) is 1.10. The van der Waals surface area contributed by atoms with Crippen LogP contribution >= 0.6 is 0 Å². The van der Waals surface area contributed by atoms with Crippen molar-refractivity contribution < 1.29 is 18.8 Å². The molecule has 0 N–H and O–H groups in total. The molecular weight excluding hydrogens is 396 g/mol. The van der Waals surface area contributed by atoms with Crippen LogP contribution in [0.25, 0.3) is 11.0 Å². The highest BCUT2D eigenvalue weighted by atomic mass is 16.5. The molecule has 2 aliphatic rings. The van der Waals surface area contributed by atoms with E-state index in [1.54, 1.807) is 18.2 Å². The van der Waals surface area contributed by atoms with Crippen molar-refractivity contribution in [2.75, 3.05) is 44.8 Å². The van der Waals surface area contributed by atoms with Gasteiger partial charge < -0.3 is 18.9 Å². The summed E-state index contributed by atoms with van der Waals surface area (Å²) in [6.07, 6.45) is 2.22. The predicted octanol–water partition coefficient (Wildman–Crippen LogP) is 2.99. The maximum absolute atomic E-state index is 11.7. The molecule has 8 nitrogen and oxygen atoms in total. The van der Waals surface area contributed by atoms with Crippen LogP contribution in [-0.4, -0.2) is 66.9 Å². The van der Waals surface area contributed by atoms with Crippen LogP contribution < -0.4 is 9.64 Å². The summed E-state index contributed by atoms with van der Waals surface area (Å²) < 4.78 is 16.1. The van der Waals surface area contributed by atoms with Crippen molar-refractivity contribution >= 4 is 22.8 Å². The Bertz CT molecular complexity index is 1070. The van der Waals surface area contributed by atoms with Crippen LogP contribution in [0.4, 0.5) is 5.82 Å². The van der Waals surface area contributed by atoms with E-state index in [1.165, 1.54) is 7.11 Å². The second kappa shape index (κ2) is 8.55. The first-order chi connectivity index (χ1) is 15.2. The van der Waals surface area contributed by atoms with Crippen molar-refractivity contribution in [3.05, 3.63) is 48.2 Å². The van der Waals surface area contributed by atoms with Gasteiger partial charge in [-0.25, -0.2) is 9.78 Å². The molecule has 0 unspecified atom stereocenters. The Morgan fingerprint density at radius 1 is 1.13 bits per heavy atom. The zero-order chi connectivity index (χ0) is 21.2. The van der Waals surface area contributed by atoms with Crippen LogP contribution in [-0.2, 0) is 4.74 Å². The van der Waals surface area contributed by atoms with Gasteiger partial charge in [-0.3, -0.25) is 4.90 Å². The normalized spacial score (nSPS) is 21.6. The van der Waals surface area contributed by atoms with E-state index in [1.807, 2.05) is 18.2 Å². The number of esters is 1. The number of fused-ring (bicyclic) bond motifs is 2. The number of rotatable bonds is 5. The monoisotopic (exact) mass is 422 g/mol. The third kappa shape index (κ3) is 4.07. The van der Waals surface area contributed by atoms with Crippen molar-refractivity contribution in [3.63, 3.8) is 0 Å². The van der Waals surface area contributed by atoms with Crippen molar-refractivity contribution in [1.29, 1.82) is 0 Å². The van der Waals surface area contributed by atoms with Crippen LogP contribution in [0.2, 0.25) is 0 Å². The lowest BCUT2D eigenvalue weighted by molar-refractivity contribution is 0.0589. The molecule has 2 aromatic heterocycles. The number of hydrogen-bond acceptors (Lipinski definition) is 8. The van der Waals surface area contributed by atoms with Crippen LogP contribution in [0.5, 0.6) is 5.88 Å². The molecule has 3 aromatic rings. The Hall–Kier alpha value is -3.13. The SMILES string of the molecule is COC(=O)c1cccc(OC[C@@H]2CC[C@@H]3CN(c4noc5ccccc45)CCN3C2)n1. The van der Waals surface area contributed by atoms with E-state index in [0.29, 0.717) is 24.4 Å². The van der Waals surface area contributed by atoms with Crippen molar-refractivity contribution in [2.24, 2.45) is 5.92 Å². The summed E-state index contributed by atoms with van der Waals surface area (Å²) in [7, 11) is 1.35. The minimum Gasteiger partial charge on any atom is -0.477 e. The van der Waals surface area contributed by atoms with Gasteiger partial charge in [0.25, 0.3) is 0 Å². The Morgan fingerprint density at radius 2 is 2.03 bits per heavy atom. The van der Waals surface area contributed by atoms with Gasteiger partial charge in [-0.05, 0) is 31.0 Å². The number of pyridine rings is 1. The molecule has 2 aliphatic heterocycles. The number of benzene rings is 1. The molecule has 2 saturated heterocycles. The average Bonchev–Trinajstić information content (AvgIpc) is 3.26. The van der Waals surface area contributed by atoms with Gasteiger partial charge in [-0.2, -0.15) is 0 Å². The molecule has 0 spiro atoms. The van der Waals surface area contributed by atoms with Gasteiger partial charge in [0.15, 0.2) is 17.1 Å². The fourth-order valence-corrected chi connectivity index (χ4v) is 4.60. The van der Waals surface area contributed by atoms with Gasteiger partial charge in [0, 0.05) is 44.2 Å². The number of para-hydroxylation sites is 1. The molecule has 0 bridgehead atoms. The first kappa shape index (κ1) is 19.8. The lowest BCUT2D eigenvalue weighted by Gasteiger charge is -2.46. The topological polar surface area (TPSA) is 80.9 Å². The highest BCUT2D eigenvalue weighted by molar-refractivity contribution is 5.88. The summed E-state index contributed by atoms with van der Waals surface area (Å²) in [6.45, 7) is 4.50. The molecule has 8 heteroatoms. The molecule has 2 fully saturated rings. The molecule has 1 aromatic carbocycles. The van der Waals surface area contributed by atoms with E-state index < -0.39 is 5.97 Å². The van der Waals surface area contributed by atoms with Gasteiger partial charge in [-0.15, -0.1) is 0 Å². The number of piperidine rings is 1. The fourth-order valence-electron chi connectivity index (χ4n) is 4.60. The Kier molecular flexibility index (Phi) is 5.46. The molecule has 5 rings (SSSR count). The molecule has 4 heterocycles. The van der Waals surface area contributed by atoms with E-state index in [9.17, 15) is 4.79 Å². The summed E-state index contributed by atoms with van der Waals surface area (Å²) in [5, 5.41) is 5.42. The van der Waals surface area contributed by atoms with E-state index in [0.717, 1.165) is 55.8 Å². The van der Waals surface area contributed by atoms with Crippen molar-refractivity contribution in [2.45, 2.75) is 18.9 Å². The number of hydrogen-bond donors (Lipinski definition) is 0. The number of methoxy groups -OCH3 is 1. The molecule has 0 amide bonds. The van der Waals surface area contributed by atoms with E-state index >= 15 is 0 Å². The number of anilines is 1. The number of carbonyl (C=O) groups is 1. The third-order valence-corrected chi connectivity index (χ3v) is 6.25. The largest absolute Gasteiger partial charge is 0.477 e. The molecule has 0 saturated carbocycles. The first-order valence-electron chi connectivity index (χ1n) is 10.7. The molecule has 0 aliphatic carbocycles. The Labute approximate surface area is 180 Å². The second-order valence-corrected chi connectivity index (χ2v) is 8.20. The van der Waals surface area contributed by atoms with Gasteiger partial charge >= 0.3 is 5.97 Å². The lowest BCUT2D eigenvalue weighted by atomic mass is 9.91. The number of carbonyl (C=O) groups excluding carboxylic acids is 1. The Balaban J connectivity index is 1.17. The number of piperazine rings is 1. The quantitative estimate of drug-likeness (QED) is 0.581. The van der Waals surface area contributed by atoms with Gasteiger partial charge in [0.2, 0.25) is 5.88 Å². The van der Waals surface area contributed by atoms with Gasteiger partial charge in [0.05, 0.1) is 19.1 Å². The molecule has 0 radical (unpaired) electrons. The summed E-state index contributed by atoms with van der Waals surface area (Å²) in [6, 6.07) is 13.7. The minimum atomic E-state index is -0.455. The predicted molar refractivity (Wildman–Crippen MR) is 115 cm³/mol. The highest BCUT2D eigenvalue weighted by Crippen LogP contribution is 2.31. The molecule has 162 valence electrons. The molecular formula is C23H26N4O4. The van der Waals surface area contributed by atoms with Gasteiger partial charge in [-0.1, -0.05) is 23.4 Å². The third-order valence-electron chi connectivity index (χ3n) is 6.25. The van der Waals surface area contributed by atoms with Crippen molar-refractivity contribution in [1.82, 2.24) is 15.0 Å². The zero-order valence-electron chi connectivity index (χ0n) is 17.6. The van der Waals surface area contributed by atoms with Crippen LogP contribution in [0.15, 0.2) is 47.0 Å². The fraction of sp³-hybridized carbons (Fsp3) is 0.435. The summed E-state index contributed by atoms with van der Waals surface area (Å²) >= 11 is 0. The van der Waals surface area contributed by atoms with Gasteiger partial charge in [0.1, 0.15) is 0 Å². The number of ether oxygens (including phenoxy) is 2. The van der Waals surface area contributed by atoms with E-state index in [-0.39, 0.29) is 5.69 Å². The summed E-state index contributed by atoms with van der Waals surface area (Å²) in [5.74, 6) is 1.41. The summed E-state index contributed by atoms with van der Waals surface area (Å²) in [4.78, 5) is 20.8. The molecule has 31 heavy (non-hydrogen) atoms. The zero-order valence-corrected chi connectivity index (χ0v) is 17.6. The maximum atomic E-state index is 11.7. The van der Waals surface area contributed by atoms with E-state index in [4.69, 9.17) is 14.0 Å². The Morgan fingerprint density at radius 3 is 2.94 bits per heavy atom.